The van der Waals surface area contributed by atoms with E-state index >= 15 is 0 Å². The molecule has 17 heavy (non-hydrogen) atoms. The highest BCUT2D eigenvalue weighted by Gasteiger charge is 2.25. The van der Waals surface area contributed by atoms with Crippen LogP contribution in [0, 0.1) is 6.92 Å². The molecule has 2 unspecified atom stereocenters. The fraction of sp³-hybridized carbons (Fsp3) is 0.600. The second-order valence-corrected chi connectivity index (χ2v) is 5.06. The van der Waals surface area contributed by atoms with Crippen molar-refractivity contribution in [3.8, 4) is 0 Å². The van der Waals surface area contributed by atoms with Crippen molar-refractivity contribution in [3.05, 3.63) is 29.8 Å². The number of aryl methyl sites for hydroxylation is 1. The Hall–Kier alpha value is -1.02. The molecule has 0 bridgehead atoms. The molecule has 2 nitrogen and oxygen atoms in total. The number of hydrogen-bond donors (Lipinski definition) is 1. The molecule has 2 atom stereocenters. The molecule has 1 heterocycles. The van der Waals surface area contributed by atoms with E-state index in [1.165, 1.54) is 24.1 Å². The van der Waals surface area contributed by atoms with E-state index in [-0.39, 0.29) is 0 Å². The van der Waals surface area contributed by atoms with Crippen LogP contribution >= 0.6 is 0 Å². The monoisotopic (exact) mass is 232 g/mol. The summed E-state index contributed by atoms with van der Waals surface area (Å²) < 4.78 is 0. The number of piperazine rings is 1. The second kappa shape index (κ2) is 5.54. The van der Waals surface area contributed by atoms with Crippen molar-refractivity contribution in [2.24, 2.45) is 0 Å². The zero-order valence-electron chi connectivity index (χ0n) is 11.2. The van der Waals surface area contributed by atoms with Crippen LogP contribution in [0.5, 0.6) is 0 Å². The summed E-state index contributed by atoms with van der Waals surface area (Å²) in [6.45, 7) is 8.94. The van der Waals surface area contributed by atoms with Crippen molar-refractivity contribution < 1.29 is 0 Å². The summed E-state index contributed by atoms with van der Waals surface area (Å²) >= 11 is 0. The first-order chi connectivity index (χ1) is 8.24. The molecule has 1 aliphatic rings. The molecule has 0 spiro atoms. The second-order valence-electron chi connectivity index (χ2n) is 5.06. The van der Waals surface area contributed by atoms with Crippen LogP contribution in [0.1, 0.15) is 32.3 Å². The molecule has 1 aliphatic heterocycles. The van der Waals surface area contributed by atoms with Crippen LogP contribution < -0.4 is 10.2 Å². The van der Waals surface area contributed by atoms with Crippen LogP contribution in [0.2, 0.25) is 0 Å². The van der Waals surface area contributed by atoms with Gasteiger partial charge in [-0.3, -0.25) is 0 Å². The van der Waals surface area contributed by atoms with Crippen LogP contribution in [0.4, 0.5) is 5.69 Å². The number of rotatable bonds is 3. The van der Waals surface area contributed by atoms with E-state index in [4.69, 9.17) is 0 Å². The van der Waals surface area contributed by atoms with E-state index in [1.807, 2.05) is 0 Å². The Bertz CT molecular complexity index is 344. The van der Waals surface area contributed by atoms with Gasteiger partial charge in [0.25, 0.3) is 0 Å². The highest BCUT2D eigenvalue weighted by Crippen LogP contribution is 2.22. The van der Waals surface area contributed by atoms with Gasteiger partial charge in [-0.05, 0) is 31.9 Å². The van der Waals surface area contributed by atoms with Gasteiger partial charge in [0.1, 0.15) is 0 Å². The van der Waals surface area contributed by atoms with E-state index in [1.54, 1.807) is 0 Å². The van der Waals surface area contributed by atoms with Gasteiger partial charge in [0.2, 0.25) is 0 Å². The van der Waals surface area contributed by atoms with Gasteiger partial charge in [0.05, 0.1) is 0 Å². The molecule has 94 valence electrons. The van der Waals surface area contributed by atoms with Gasteiger partial charge in [0.15, 0.2) is 0 Å². The standard InChI is InChI=1S/C15H24N2/c1-4-13-11-17(14(5-2)10-16-13)15-8-6-12(3)7-9-15/h6-9,13-14,16H,4-5,10-11H2,1-3H3. The first-order valence-corrected chi connectivity index (χ1v) is 6.81. The van der Waals surface area contributed by atoms with Crippen molar-refractivity contribution in [1.29, 1.82) is 0 Å². The molecule has 1 N–H and O–H groups in total. The van der Waals surface area contributed by atoms with Crippen molar-refractivity contribution >= 4 is 5.69 Å². The minimum atomic E-state index is 0.638. The van der Waals surface area contributed by atoms with Crippen molar-refractivity contribution in [2.45, 2.75) is 45.7 Å². The van der Waals surface area contributed by atoms with Gasteiger partial charge in [0, 0.05) is 30.9 Å². The Balaban J connectivity index is 2.17. The Morgan fingerprint density at radius 2 is 1.88 bits per heavy atom. The quantitative estimate of drug-likeness (QED) is 0.862. The minimum absolute atomic E-state index is 0.638. The Labute approximate surface area is 105 Å². The van der Waals surface area contributed by atoms with Gasteiger partial charge in [-0.2, -0.15) is 0 Å². The molecule has 0 saturated carbocycles. The number of nitrogens with zero attached hydrogens (tertiary/aromatic N) is 1. The maximum absolute atomic E-state index is 3.64. The average molecular weight is 232 g/mol. The molecule has 0 aliphatic carbocycles. The zero-order chi connectivity index (χ0) is 12.3. The van der Waals surface area contributed by atoms with Gasteiger partial charge in [-0.1, -0.05) is 31.5 Å². The number of benzene rings is 1. The van der Waals surface area contributed by atoms with Crippen molar-refractivity contribution in [2.75, 3.05) is 18.0 Å². The van der Waals surface area contributed by atoms with Gasteiger partial charge >= 0.3 is 0 Å². The van der Waals surface area contributed by atoms with Crippen LogP contribution in [-0.4, -0.2) is 25.2 Å². The van der Waals surface area contributed by atoms with E-state index in [0.29, 0.717) is 12.1 Å². The minimum Gasteiger partial charge on any atom is -0.366 e. The first kappa shape index (κ1) is 12.4. The number of nitrogens with one attached hydrogen (secondary N) is 1. The Morgan fingerprint density at radius 3 is 2.47 bits per heavy atom. The molecule has 1 aromatic carbocycles. The fourth-order valence-electron chi connectivity index (χ4n) is 2.55. The van der Waals surface area contributed by atoms with Crippen LogP contribution in [0.15, 0.2) is 24.3 Å². The molecule has 2 heteroatoms. The van der Waals surface area contributed by atoms with Gasteiger partial charge < -0.3 is 10.2 Å². The predicted octanol–water partition coefficient (Wildman–Crippen LogP) is 2.96. The highest BCUT2D eigenvalue weighted by atomic mass is 15.2. The lowest BCUT2D eigenvalue weighted by Crippen LogP contribution is -2.56. The molecule has 1 fully saturated rings. The molecule has 2 rings (SSSR count). The van der Waals surface area contributed by atoms with Crippen molar-refractivity contribution in [1.82, 2.24) is 5.32 Å². The summed E-state index contributed by atoms with van der Waals surface area (Å²) in [5.74, 6) is 0. The van der Waals surface area contributed by atoms with Gasteiger partial charge in [-0.15, -0.1) is 0 Å². The summed E-state index contributed by atoms with van der Waals surface area (Å²) in [5, 5.41) is 3.64. The van der Waals surface area contributed by atoms with Crippen molar-refractivity contribution in [3.63, 3.8) is 0 Å². The SMILES string of the molecule is CCC1CN(c2ccc(C)cc2)C(CC)CN1. The third-order valence-corrected chi connectivity index (χ3v) is 3.83. The molecule has 0 amide bonds. The predicted molar refractivity (Wildman–Crippen MR) is 74.7 cm³/mol. The maximum atomic E-state index is 3.64. The molecule has 0 radical (unpaired) electrons. The fourth-order valence-corrected chi connectivity index (χ4v) is 2.55. The average Bonchev–Trinajstić information content (AvgIpc) is 2.39. The molecule has 1 aromatic rings. The topological polar surface area (TPSA) is 15.3 Å². The molecular formula is C15H24N2. The summed E-state index contributed by atoms with van der Waals surface area (Å²) in [5.41, 5.74) is 2.71. The number of anilines is 1. The summed E-state index contributed by atoms with van der Waals surface area (Å²) in [4.78, 5) is 2.57. The molecule has 1 saturated heterocycles. The normalized spacial score (nSPS) is 25.0. The Kier molecular flexibility index (Phi) is 4.06. The van der Waals surface area contributed by atoms with Crippen LogP contribution in [0.25, 0.3) is 0 Å². The summed E-state index contributed by atoms with van der Waals surface area (Å²) in [6, 6.07) is 10.2. The smallest absolute Gasteiger partial charge is 0.0412 e. The van der Waals surface area contributed by atoms with Crippen LogP contribution in [-0.2, 0) is 0 Å². The lowest BCUT2D eigenvalue weighted by Gasteiger charge is -2.41. The highest BCUT2D eigenvalue weighted by molar-refractivity contribution is 5.49. The van der Waals surface area contributed by atoms with Crippen LogP contribution in [0.3, 0.4) is 0 Å². The van der Waals surface area contributed by atoms with Gasteiger partial charge in [-0.25, -0.2) is 0 Å². The summed E-state index contributed by atoms with van der Waals surface area (Å²) in [6.07, 6.45) is 2.41. The zero-order valence-corrected chi connectivity index (χ0v) is 11.2. The van der Waals surface area contributed by atoms with E-state index in [2.05, 4.69) is 55.3 Å². The Morgan fingerprint density at radius 1 is 1.18 bits per heavy atom. The molecular weight excluding hydrogens is 208 g/mol. The maximum Gasteiger partial charge on any atom is 0.0412 e. The van der Waals surface area contributed by atoms with E-state index in [9.17, 15) is 0 Å². The lowest BCUT2D eigenvalue weighted by atomic mass is 10.0. The largest absolute Gasteiger partial charge is 0.366 e. The lowest BCUT2D eigenvalue weighted by molar-refractivity contribution is 0.379. The molecule has 0 aromatic heterocycles. The first-order valence-electron chi connectivity index (χ1n) is 6.81. The van der Waals surface area contributed by atoms with E-state index < -0.39 is 0 Å². The summed E-state index contributed by atoms with van der Waals surface area (Å²) in [7, 11) is 0. The third kappa shape index (κ3) is 2.81. The van der Waals surface area contributed by atoms with E-state index in [0.717, 1.165) is 13.1 Å². The third-order valence-electron chi connectivity index (χ3n) is 3.83. The number of hydrogen-bond acceptors (Lipinski definition) is 2.